The minimum atomic E-state index is -0.997. The quantitative estimate of drug-likeness (QED) is 0.575. The van der Waals surface area contributed by atoms with Crippen molar-refractivity contribution in [3.63, 3.8) is 0 Å². The van der Waals surface area contributed by atoms with Crippen LogP contribution >= 0.6 is 0 Å². The van der Waals surface area contributed by atoms with Crippen LogP contribution in [0.4, 0.5) is 0 Å². The molecule has 72 valence electrons. The molecule has 0 aliphatic carbocycles. The Kier molecular flexibility index (Phi) is 5.09. The van der Waals surface area contributed by atoms with Crippen LogP contribution in [0.2, 0.25) is 0 Å². The lowest BCUT2D eigenvalue weighted by Gasteiger charge is -2.29. The first kappa shape index (κ1) is 11.6. The van der Waals surface area contributed by atoms with Gasteiger partial charge < -0.3 is 9.47 Å². The van der Waals surface area contributed by atoms with Crippen LogP contribution in [0.5, 0.6) is 0 Å². The van der Waals surface area contributed by atoms with E-state index in [1.807, 2.05) is 20.8 Å². The summed E-state index contributed by atoms with van der Waals surface area (Å²) >= 11 is 0. The normalized spacial score (nSPS) is 11.7. The van der Waals surface area contributed by atoms with Gasteiger partial charge in [-0.15, -0.1) is 0 Å². The number of hydrogen-bond donors (Lipinski definition) is 0. The van der Waals surface area contributed by atoms with E-state index in [1.165, 1.54) is 6.92 Å². The van der Waals surface area contributed by atoms with Gasteiger partial charge in [-0.25, -0.2) is 0 Å². The molecule has 0 saturated heterocycles. The third-order valence-electron chi connectivity index (χ3n) is 1.76. The predicted octanol–water partition coefficient (Wildman–Crippen LogP) is 1.75. The van der Waals surface area contributed by atoms with Crippen LogP contribution in [0.25, 0.3) is 0 Å². The molecule has 0 aliphatic heterocycles. The van der Waals surface area contributed by atoms with E-state index in [0.717, 1.165) is 0 Å². The zero-order valence-electron chi connectivity index (χ0n) is 8.35. The number of Topliss-reactive ketones (excluding diaryl/α,β-unsaturated/α-hetero) is 1. The molecular weight excluding hydrogens is 156 g/mol. The Hall–Kier alpha value is -0.410. The van der Waals surface area contributed by atoms with Crippen molar-refractivity contribution in [3.05, 3.63) is 0 Å². The van der Waals surface area contributed by atoms with E-state index in [0.29, 0.717) is 19.6 Å². The fourth-order valence-corrected chi connectivity index (χ4v) is 1.16. The smallest absolute Gasteiger partial charge is 0.228 e. The molecule has 3 heteroatoms. The maximum Gasteiger partial charge on any atom is 0.228 e. The Morgan fingerprint density at radius 3 is 1.75 bits per heavy atom. The number of carbonyl (C=O) groups excluding carboxylic acids is 1. The molecule has 0 aromatic heterocycles. The van der Waals surface area contributed by atoms with Crippen molar-refractivity contribution in [2.75, 3.05) is 13.2 Å². The maximum absolute atomic E-state index is 11.2. The standard InChI is InChI=1S/C9H18O3/c1-5-9(8(4)10,11-6-2)12-7-3/h5-7H2,1-4H3. The monoisotopic (exact) mass is 174 g/mol. The Morgan fingerprint density at radius 2 is 1.58 bits per heavy atom. The SMILES string of the molecule is CCOC(CC)(OCC)C(C)=O. The van der Waals surface area contributed by atoms with Crippen molar-refractivity contribution < 1.29 is 14.3 Å². The van der Waals surface area contributed by atoms with Crippen molar-refractivity contribution >= 4 is 5.78 Å². The highest BCUT2D eigenvalue weighted by atomic mass is 16.7. The molecule has 0 radical (unpaired) electrons. The van der Waals surface area contributed by atoms with Gasteiger partial charge in [0.2, 0.25) is 5.79 Å². The van der Waals surface area contributed by atoms with Crippen LogP contribution in [-0.2, 0) is 14.3 Å². The third kappa shape index (κ3) is 2.57. The molecule has 0 unspecified atom stereocenters. The van der Waals surface area contributed by atoms with Crippen molar-refractivity contribution in [1.29, 1.82) is 0 Å². The zero-order valence-corrected chi connectivity index (χ0v) is 8.35. The molecule has 0 atom stereocenters. The van der Waals surface area contributed by atoms with Gasteiger partial charge in [0.25, 0.3) is 0 Å². The van der Waals surface area contributed by atoms with Gasteiger partial charge in [-0.2, -0.15) is 0 Å². The molecule has 0 saturated carbocycles. The second-order valence-electron chi connectivity index (χ2n) is 2.53. The lowest BCUT2D eigenvalue weighted by Crippen LogP contribution is -2.42. The second kappa shape index (κ2) is 5.27. The summed E-state index contributed by atoms with van der Waals surface area (Å²) in [7, 11) is 0. The van der Waals surface area contributed by atoms with Crippen molar-refractivity contribution in [2.24, 2.45) is 0 Å². The first-order chi connectivity index (χ1) is 5.63. The number of ketones is 1. The van der Waals surface area contributed by atoms with Gasteiger partial charge in [0.05, 0.1) is 0 Å². The zero-order chi connectivity index (χ0) is 9.61. The van der Waals surface area contributed by atoms with Crippen LogP contribution in [0.3, 0.4) is 0 Å². The van der Waals surface area contributed by atoms with E-state index in [9.17, 15) is 4.79 Å². The summed E-state index contributed by atoms with van der Waals surface area (Å²) in [5, 5.41) is 0. The molecular formula is C9H18O3. The summed E-state index contributed by atoms with van der Waals surface area (Å²) in [5.41, 5.74) is 0. The summed E-state index contributed by atoms with van der Waals surface area (Å²) in [5.74, 6) is -1.06. The lowest BCUT2D eigenvalue weighted by molar-refractivity contribution is -0.225. The van der Waals surface area contributed by atoms with Gasteiger partial charge in [0.15, 0.2) is 5.78 Å². The molecule has 0 aliphatic rings. The summed E-state index contributed by atoms with van der Waals surface area (Å²) in [6.45, 7) is 8.07. The van der Waals surface area contributed by atoms with Crippen LogP contribution in [0.15, 0.2) is 0 Å². The molecule has 3 nitrogen and oxygen atoms in total. The van der Waals surface area contributed by atoms with E-state index in [4.69, 9.17) is 9.47 Å². The highest BCUT2D eigenvalue weighted by Crippen LogP contribution is 2.18. The minimum absolute atomic E-state index is 0.0614. The van der Waals surface area contributed by atoms with Gasteiger partial charge in [-0.1, -0.05) is 6.92 Å². The van der Waals surface area contributed by atoms with Gasteiger partial charge >= 0.3 is 0 Å². The van der Waals surface area contributed by atoms with Crippen LogP contribution < -0.4 is 0 Å². The number of ether oxygens (including phenoxy) is 2. The fraction of sp³-hybridized carbons (Fsp3) is 0.889. The number of rotatable bonds is 6. The molecule has 0 fully saturated rings. The van der Waals surface area contributed by atoms with E-state index in [1.54, 1.807) is 0 Å². The van der Waals surface area contributed by atoms with E-state index < -0.39 is 5.79 Å². The van der Waals surface area contributed by atoms with Crippen LogP contribution in [-0.4, -0.2) is 24.8 Å². The molecule has 0 aromatic carbocycles. The topological polar surface area (TPSA) is 35.5 Å². The predicted molar refractivity (Wildman–Crippen MR) is 47.0 cm³/mol. The van der Waals surface area contributed by atoms with Crippen molar-refractivity contribution in [3.8, 4) is 0 Å². The molecule has 0 spiro atoms. The van der Waals surface area contributed by atoms with Gasteiger partial charge in [-0.05, 0) is 13.8 Å². The third-order valence-corrected chi connectivity index (χ3v) is 1.76. The number of hydrogen-bond acceptors (Lipinski definition) is 3. The molecule has 0 aromatic rings. The second-order valence-corrected chi connectivity index (χ2v) is 2.53. The average molecular weight is 174 g/mol. The lowest BCUT2D eigenvalue weighted by atomic mass is 10.1. The Morgan fingerprint density at radius 1 is 1.17 bits per heavy atom. The molecule has 0 bridgehead atoms. The summed E-state index contributed by atoms with van der Waals surface area (Å²) in [4.78, 5) is 11.2. The minimum Gasteiger partial charge on any atom is -0.344 e. The van der Waals surface area contributed by atoms with Crippen LogP contribution in [0, 0.1) is 0 Å². The first-order valence-corrected chi connectivity index (χ1v) is 4.41. The van der Waals surface area contributed by atoms with Gasteiger partial charge in [0, 0.05) is 26.6 Å². The number of carbonyl (C=O) groups is 1. The summed E-state index contributed by atoms with van der Waals surface area (Å²) in [6.07, 6.45) is 0.560. The van der Waals surface area contributed by atoms with E-state index in [-0.39, 0.29) is 5.78 Å². The molecule has 12 heavy (non-hydrogen) atoms. The van der Waals surface area contributed by atoms with Gasteiger partial charge in [-0.3, -0.25) is 4.79 Å². The van der Waals surface area contributed by atoms with Crippen LogP contribution in [0.1, 0.15) is 34.1 Å². The molecule has 0 rings (SSSR count). The Bertz CT molecular complexity index is 137. The van der Waals surface area contributed by atoms with E-state index in [2.05, 4.69) is 0 Å². The van der Waals surface area contributed by atoms with Gasteiger partial charge in [0.1, 0.15) is 0 Å². The molecule has 0 heterocycles. The summed E-state index contributed by atoms with van der Waals surface area (Å²) < 4.78 is 10.6. The fourth-order valence-electron chi connectivity index (χ4n) is 1.16. The molecule has 0 N–H and O–H groups in total. The van der Waals surface area contributed by atoms with E-state index >= 15 is 0 Å². The molecule has 0 amide bonds. The summed E-state index contributed by atoms with van der Waals surface area (Å²) in [6, 6.07) is 0. The Labute approximate surface area is 74.0 Å². The van der Waals surface area contributed by atoms with Crippen molar-refractivity contribution in [2.45, 2.75) is 39.9 Å². The maximum atomic E-state index is 11.2. The first-order valence-electron chi connectivity index (χ1n) is 4.41. The largest absolute Gasteiger partial charge is 0.344 e. The Balaban J connectivity index is 4.39. The highest BCUT2D eigenvalue weighted by Gasteiger charge is 2.34. The van der Waals surface area contributed by atoms with Crippen molar-refractivity contribution in [1.82, 2.24) is 0 Å². The average Bonchev–Trinajstić information content (AvgIpc) is 2.03. The highest BCUT2D eigenvalue weighted by molar-refractivity contribution is 5.83.